The van der Waals surface area contributed by atoms with Crippen molar-refractivity contribution in [3.05, 3.63) is 0 Å². The summed E-state index contributed by atoms with van der Waals surface area (Å²) in [5.41, 5.74) is 0. The Labute approximate surface area is 72.1 Å². The normalized spacial score (nSPS) is 44.7. The summed E-state index contributed by atoms with van der Waals surface area (Å²) in [5, 5.41) is 9.39. The number of hydrogen-bond acceptors (Lipinski definition) is 4. The molecule has 4 heteroatoms. The fraction of sp³-hybridized carbons (Fsp3) is 1.00. The largest absolute Gasteiger partial charge is 0.389 e. The second-order valence-electron chi connectivity index (χ2n) is 2.82. The highest BCUT2D eigenvalue weighted by Crippen LogP contribution is 2.24. The van der Waals surface area contributed by atoms with E-state index in [-0.39, 0.29) is 17.5 Å². The first kappa shape index (κ1) is 9.32. The third kappa shape index (κ3) is 1.87. The van der Waals surface area contributed by atoms with Gasteiger partial charge in [0.2, 0.25) is 0 Å². The van der Waals surface area contributed by atoms with E-state index in [0.29, 0.717) is 6.61 Å². The molecular formula is C7H14O3S. The molecule has 0 spiro atoms. The second-order valence-corrected chi connectivity index (χ2v) is 3.41. The van der Waals surface area contributed by atoms with Crippen molar-refractivity contribution in [2.75, 3.05) is 13.7 Å². The molecule has 66 valence electrons. The van der Waals surface area contributed by atoms with Gasteiger partial charge in [0.15, 0.2) is 0 Å². The smallest absolute Gasteiger partial charge is 0.108 e. The van der Waals surface area contributed by atoms with Crippen LogP contribution >= 0.6 is 12.6 Å². The maximum Gasteiger partial charge on any atom is 0.108 e. The summed E-state index contributed by atoms with van der Waals surface area (Å²) < 4.78 is 10.2. The first-order valence-electron chi connectivity index (χ1n) is 3.67. The van der Waals surface area contributed by atoms with Gasteiger partial charge in [0, 0.05) is 7.11 Å². The van der Waals surface area contributed by atoms with E-state index in [1.54, 1.807) is 7.11 Å². The number of ether oxygens (including phenoxy) is 2. The molecule has 1 aliphatic heterocycles. The predicted molar refractivity (Wildman–Crippen MR) is 45.0 cm³/mol. The first-order chi connectivity index (χ1) is 5.16. The van der Waals surface area contributed by atoms with Gasteiger partial charge in [0.1, 0.15) is 6.10 Å². The van der Waals surface area contributed by atoms with Gasteiger partial charge in [0.25, 0.3) is 0 Å². The van der Waals surface area contributed by atoms with Crippen molar-refractivity contribution in [3.8, 4) is 0 Å². The highest BCUT2D eigenvalue weighted by atomic mass is 32.1. The minimum absolute atomic E-state index is 0.00785. The van der Waals surface area contributed by atoms with Crippen LogP contribution in [-0.2, 0) is 9.47 Å². The van der Waals surface area contributed by atoms with Crippen LogP contribution in [0.5, 0.6) is 0 Å². The molecule has 0 saturated carbocycles. The zero-order chi connectivity index (χ0) is 8.43. The molecule has 1 heterocycles. The molecule has 0 aromatic heterocycles. The Morgan fingerprint density at radius 2 is 2.27 bits per heavy atom. The Morgan fingerprint density at radius 3 is 2.64 bits per heavy atom. The molecule has 0 bridgehead atoms. The van der Waals surface area contributed by atoms with E-state index < -0.39 is 6.10 Å². The van der Waals surface area contributed by atoms with E-state index in [0.717, 1.165) is 0 Å². The highest BCUT2D eigenvalue weighted by Gasteiger charge is 2.38. The number of thiol groups is 1. The van der Waals surface area contributed by atoms with Gasteiger partial charge < -0.3 is 14.6 Å². The van der Waals surface area contributed by atoms with Crippen LogP contribution in [0.2, 0.25) is 0 Å². The van der Waals surface area contributed by atoms with Gasteiger partial charge in [-0.3, -0.25) is 0 Å². The van der Waals surface area contributed by atoms with Crippen molar-refractivity contribution in [1.29, 1.82) is 0 Å². The van der Waals surface area contributed by atoms with Crippen LogP contribution in [0.4, 0.5) is 0 Å². The second kappa shape index (κ2) is 3.76. The Balaban J connectivity index is 2.45. The summed E-state index contributed by atoms with van der Waals surface area (Å²) in [6, 6.07) is 0. The van der Waals surface area contributed by atoms with Gasteiger partial charge in [0.05, 0.1) is 24.1 Å². The molecule has 1 rings (SSSR count). The monoisotopic (exact) mass is 178 g/mol. The molecule has 0 aromatic carbocycles. The summed E-state index contributed by atoms with van der Waals surface area (Å²) >= 11 is 4.20. The van der Waals surface area contributed by atoms with Gasteiger partial charge in [-0.25, -0.2) is 0 Å². The molecule has 1 aliphatic rings. The minimum Gasteiger partial charge on any atom is -0.389 e. The lowest BCUT2D eigenvalue weighted by molar-refractivity contribution is -0.0288. The van der Waals surface area contributed by atoms with Gasteiger partial charge in [-0.05, 0) is 6.92 Å². The zero-order valence-electron chi connectivity index (χ0n) is 6.73. The van der Waals surface area contributed by atoms with E-state index in [1.165, 1.54) is 0 Å². The number of methoxy groups -OCH3 is 1. The van der Waals surface area contributed by atoms with Crippen LogP contribution < -0.4 is 0 Å². The van der Waals surface area contributed by atoms with E-state index in [2.05, 4.69) is 12.6 Å². The Kier molecular flexibility index (Phi) is 3.18. The Morgan fingerprint density at radius 1 is 1.64 bits per heavy atom. The summed E-state index contributed by atoms with van der Waals surface area (Å²) in [4.78, 5) is 0. The first-order valence-corrected chi connectivity index (χ1v) is 4.19. The molecule has 3 nitrogen and oxygen atoms in total. The summed E-state index contributed by atoms with van der Waals surface area (Å²) in [5.74, 6) is 0. The molecule has 4 atom stereocenters. The molecule has 0 aromatic rings. The van der Waals surface area contributed by atoms with E-state index in [9.17, 15) is 5.11 Å². The average molecular weight is 178 g/mol. The molecule has 1 fully saturated rings. The van der Waals surface area contributed by atoms with Crippen LogP contribution in [0.15, 0.2) is 0 Å². The lowest BCUT2D eigenvalue weighted by Crippen LogP contribution is -2.30. The van der Waals surface area contributed by atoms with Crippen LogP contribution in [0.3, 0.4) is 0 Å². The maximum atomic E-state index is 9.48. The van der Waals surface area contributed by atoms with Crippen molar-refractivity contribution in [1.82, 2.24) is 0 Å². The number of aliphatic hydroxyl groups is 1. The van der Waals surface area contributed by atoms with Crippen molar-refractivity contribution in [3.63, 3.8) is 0 Å². The lowest BCUT2D eigenvalue weighted by Gasteiger charge is -2.12. The van der Waals surface area contributed by atoms with Gasteiger partial charge in [-0.15, -0.1) is 0 Å². The Bertz CT molecular complexity index is 131. The Hall–Kier alpha value is 0.230. The van der Waals surface area contributed by atoms with Crippen LogP contribution in [0.1, 0.15) is 6.92 Å². The summed E-state index contributed by atoms with van der Waals surface area (Å²) in [6.07, 6.45) is -0.709. The van der Waals surface area contributed by atoms with E-state index in [1.807, 2.05) is 6.92 Å². The molecule has 0 amide bonds. The molecule has 1 N–H and O–H groups in total. The maximum absolute atomic E-state index is 9.48. The number of rotatable bonds is 2. The van der Waals surface area contributed by atoms with Crippen molar-refractivity contribution < 1.29 is 14.6 Å². The molecule has 2 unspecified atom stereocenters. The molecule has 1 saturated heterocycles. The van der Waals surface area contributed by atoms with Crippen LogP contribution in [-0.4, -0.2) is 42.4 Å². The zero-order valence-corrected chi connectivity index (χ0v) is 7.62. The fourth-order valence-electron chi connectivity index (χ4n) is 1.24. The van der Waals surface area contributed by atoms with Gasteiger partial charge in [-0.1, -0.05) is 0 Å². The topological polar surface area (TPSA) is 38.7 Å². The fourth-order valence-corrected chi connectivity index (χ4v) is 1.50. The standard InChI is InChI=1S/C7H14O3S/c1-4-7(11)6(8)5(10-4)3-9-2/h4-8,11H,3H2,1-2H3/t4-,5+,6?,7?/m0/s1. The van der Waals surface area contributed by atoms with Crippen LogP contribution in [0, 0.1) is 0 Å². The minimum atomic E-state index is -0.506. The van der Waals surface area contributed by atoms with E-state index in [4.69, 9.17) is 9.47 Å². The predicted octanol–water partition coefficient (Wildman–Crippen LogP) is 0.0794. The third-order valence-electron chi connectivity index (χ3n) is 1.93. The number of hydrogen-bond donors (Lipinski definition) is 2. The molecule has 0 radical (unpaired) electrons. The molecular weight excluding hydrogens is 164 g/mol. The van der Waals surface area contributed by atoms with Crippen molar-refractivity contribution in [2.24, 2.45) is 0 Å². The summed E-state index contributed by atoms with van der Waals surface area (Å²) in [7, 11) is 1.59. The van der Waals surface area contributed by atoms with Crippen molar-refractivity contribution in [2.45, 2.75) is 30.5 Å². The van der Waals surface area contributed by atoms with Gasteiger partial charge in [-0.2, -0.15) is 12.6 Å². The molecule has 0 aliphatic carbocycles. The third-order valence-corrected chi connectivity index (χ3v) is 2.66. The highest BCUT2D eigenvalue weighted by molar-refractivity contribution is 7.81. The van der Waals surface area contributed by atoms with E-state index >= 15 is 0 Å². The lowest BCUT2D eigenvalue weighted by atomic mass is 10.1. The SMILES string of the molecule is COC[C@H]1O[C@@H](C)C(S)C1O. The number of aliphatic hydroxyl groups excluding tert-OH is 1. The van der Waals surface area contributed by atoms with Crippen LogP contribution in [0.25, 0.3) is 0 Å². The quantitative estimate of drug-likeness (QED) is 0.588. The average Bonchev–Trinajstić information content (AvgIpc) is 2.19. The van der Waals surface area contributed by atoms with Gasteiger partial charge >= 0.3 is 0 Å². The van der Waals surface area contributed by atoms with Crippen molar-refractivity contribution >= 4 is 12.6 Å². The summed E-state index contributed by atoms with van der Waals surface area (Å²) in [6.45, 7) is 2.33. The molecule has 11 heavy (non-hydrogen) atoms.